The molecular formula is C14H20N6. The van der Waals surface area contributed by atoms with Crippen molar-refractivity contribution in [3.8, 4) is 0 Å². The zero-order chi connectivity index (χ0) is 13.8. The highest BCUT2D eigenvalue weighted by Crippen LogP contribution is 2.18. The molecule has 6 heteroatoms. The molecule has 0 saturated carbocycles. The van der Waals surface area contributed by atoms with Gasteiger partial charge < -0.3 is 10.2 Å². The van der Waals surface area contributed by atoms with E-state index >= 15 is 0 Å². The number of hydrogen-bond acceptors (Lipinski definition) is 5. The molecule has 0 spiro atoms. The molecule has 0 amide bonds. The van der Waals surface area contributed by atoms with Gasteiger partial charge in [0.05, 0.1) is 6.54 Å². The maximum atomic E-state index is 4.28. The first-order valence-electron chi connectivity index (χ1n) is 7.04. The Morgan fingerprint density at radius 1 is 1.25 bits per heavy atom. The lowest BCUT2D eigenvalue weighted by Crippen LogP contribution is -2.42. The van der Waals surface area contributed by atoms with Crippen LogP contribution in [0.15, 0.2) is 30.9 Å². The summed E-state index contributed by atoms with van der Waals surface area (Å²) in [7, 11) is 1.89. The van der Waals surface area contributed by atoms with Crippen LogP contribution in [0.5, 0.6) is 0 Å². The van der Waals surface area contributed by atoms with E-state index in [1.54, 1.807) is 11.0 Å². The van der Waals surface area contributed by atoms with E-state index in [-0.39, 0.29) is 0 Å². The van der Waals surface area contributed by atoms with Crippen LogP contribution in [0.1, 0.15) is 18.7 Å². The van der Waals surface area contributed by atoms with E-state index < -0.39 is 0 Å². The first kappa shape index (κ1) is 13.1. The minimum absolute atomic E-state index is 0.553. The van der Waals surface area contributed by atoms with Crippen molar-refractivity contribution in [3.63, 3.8) is 0 Å². The van der Waals surface area contributed by atoms with Crippen LogP contribution in [0.3, 0.4) is 0 Å². The van der Waals surface area contributed by atoms with Gasteiger partial charge in [-0.25, -0.2) is 4.98 Å². The average molecular weight is 272 g/mol. The number of piperidine rings is 1. The Kier molecular flexibility index (Phi) is 3.92. The fraction of sp³-hybridized carbons (Fsp3) is 0.500. The summed E-state index contributed by atoms with van der Waals surface area (Å²) in [4.78, 5) is 10.7. The number of pyridine rings is 1. The van der Waals surface area contributed by atoms with Crippen molar-refractivity contribution in [1.29, 1.82) is 0 Å². The Bertz CT molecular complexity index is 530. The molecule has 1 saturated heterocycles. The van der Waals surface area contributed by atoms with Crippen molar-refractivity contribution in [1.82, 2.24) is 25.1 Å². The normalized spacial score (nSPS) is 16.6. The standard InChI is InChI=1S/C14H20N6/c1-19-11-17-14(18-19)10-16-12-4-8-20(9-5-12)13-2-6-15-7-3-13/h2-3,6-7,11-12,16H,4-5,8-10H2,1H3. The van der Waals surface area contributed by atoms with E-state index in [4.69, 9.17) is 0 Å². The predicted molar refractivity (Wildman–Crippen MR) is 77.3 cm³/mol. The van der Waals surface area contributed by atoms with Crippen LogP contribution in [0, 0.1) is 0 Å². The van der Waals surface area contributed by atoms with Crippen molar-refractivity contribution in [3.05, 3.63) is 36.7 Å². The van der Waals surface area contributed by atoms with Crippen LogP contribution in [0.25, 0.3) is 0 Å². The number of nitrogens with one attached hydrogen (secondary N) is 1. The SMILES string of the molecule is Cn1cnc(CNC2CCN(c3ccncc3)CC2)n1. The van der Waals surface area contributed by atoms with Crippen LogP contribution in [0.2, 0.25) is 0 Å². The van der Waals surface area contributed by atoms with E-state index in [9.17, 15) is 0 Å². The number of anilines is 1. The molecular weight excluding hydrogens is 252 g/mol. The summed E-state index contributed by atoms with van der Waals surface area (Å²) >= 11 is 0. The van der Waals surface area contributed by atoms with Crippen LogP contribution in [-0.4, -0.2) is 38.9 Å². The summed E-state index contributed by atoms with van der Waals surface area (Å²) in [5.41, 5.74) is 1.27. The largest absolute Gasteiger partial charge is 0.371 e. The van der Waals surface area contributed by atoms with Gasteiger partial charge in [0.2, 0.25) is 0 Å². The Morgan fingerprint density at radius 2 is 2.00 bits per heavy atom. The molecule has 0 unspecified atom stereocenters. The maximum Gasteiger partial charge on any atom is 0.164 e. The van der Waals surface area contributed by atoms with Crippen molar-refractivity contribution in [2.45, 2.75) is 25.4 Å². The molecule has 0 bridgehead atoms. The number of aromatic nitrogens is 4. The molecule has 0 atom stereocenters. The Hall–Kier alpha value is -1.95. The summed E-state index contributed by atoms with van der Waals surface area (Å²) in [6.45, 7) is 2.91. The third-order valence-corrected chi connectivity index (χ3v) is 3.72. The van der Waals surface area contributed by atoms with Gasteiger partial charge in [0.25, 0.3) is 0 Å². The van der Waals surface area contributed by atoms with E-state index in [1.165, 1.54) is 5.69 Å². The third kappa shape index (κ3) is 3.14. The predicted octanol–water partition coefficient (Wildman–Crippen LogP) is 0.969. The van der Waals surface area contributed by atoms with Crippen LogP contribution < -0.4 is 10.2 Å². The molecule has 2 aromatic rings. The quantitative estimate of drug-likeness (QED) is 0.898. The fourth-order valence-electron chi connectivity index (χ4n) is 2.60. The fourth-order valence-corrected chi connectivity index (χ4v) is 2.60. The molecule has 0 radical (unpaired) electrons. The van der Waals surface area contributed by atoms with Gasteiger partial charge in [-0.3, -0.25) is 9.67 Å². The summed E-state index contributed by atoms with van der Waals surface area (Å²) < 4.78 is 1.74. The zero-order valence-corrected chi connectivity index (χ0v) is 11.7. The van der Waals surface area contributed by atoms with Gasteiger partial charge in [-0.05, 0) is 25.0 Å². The summed E-state index contributed by atoms with van der Waals surface area (Å²) in [5.74, 6) is 0.865. The number of hydrogen-bond donors (Lipinski definition) is 1. The summed E-state index contributed by atoms with van der Waals surface area (Å²) in [5, 5.41) is 7.83. The van der Waals surface area contributed by atoms with Crippen molar-refractivity contribution in [2.24, 2.45) is 7.05 Å². The van der Waals surface area contributed by atoms with Crippen LogP contribution >= 0.6 is 0 Å². The molecule has 1 aliphatic heterocycles. The van der Waals surface area contributed by atoms with Gasteiger partial charge in [0.1, 0.15) is 6.33 Å². The van der Waals surface area contributed by atoms with Gasteiger partial charge in [0, 0.05) is 44.3 Å². The minimum Gasteiger partial charge on any atom is -0.371 e. The summed E-state index contributed by atoms with van der Waals surface area (Å²) in [6, 6.07) is 4.70. The second-order valence-electron chi connectivity index (χ2n) is 5.18. The molecule has 0 aliphatic carbocycles. The minimum atomic E-state index is 0.553. The number of aryl methyl sites for hydroxylation is 1. The van der Waals surface area contributed by atoms with Crippen LogP contribution in [-0.2, 0) is 13.6 Å². The molecule has 6 nitrogen and oxygen atoms in total. The molecule has 20 heavy (non-hydrogen) atoms. The van der Waals surface area contributed by atoms with Gasteiger partial charge in [0.15, 0.2) is 5.82 Å². The van der Waals surface area contributed by atoms with Crippen molar-refractivity contribution >= 4 is 5.69 Å². The lowest BCUT2D eigenvalue weighted by atomic mass is 10.0. The number of rotatable bonds is 4. The monoisotopic (exact) mass is 272 g/mol. The first-order valence-corrected chi connectivity index (χ1v) is 7.04. The van der Waals surface area contributed by atoms with Gasteiger partial charge in [-0.2, -0.15) is 5.10 Å². The Balaban J connectivity index is 1.47. The lowest BCUT2D eigenvalue weighted by Gasteiger charge is -2.33. The van der Waals surface area contributed by atoms with Crippen molar-refractivity contribution < 1.29 is 0 Å². The van der Waals surface area contributed by atoms with Gasteiger partial charge >= 0.3 is 0 Å². The number of nitrogens with zero attached hydrogens (tertiary/aromatic N) is 5. The molecule has 1 aliphatic rings. The smallest absolute Gasteiger partial charge is 0.164 e. The highest BCUT2D eigenvalue weighted by Gasteiger charge is 2.19. The molecule has 3 heterocycles. The first-order chi connectivity index (χ1) is 9.81. The molecule has 0 aromatic carbocycles. The average Bonchev–Trinajstić information content (AvgIpc) is 2.92. The second-order valence-corrected chi connectivity index (χ2v) is 5.18. The lowest BCUT2D eigenvalue weighted by molar-refractivity contribution is 0.409. The van der Waals surface area contributed by atoms with E-state index in [1.807, 2.05) is 19.4 Å². The molecule has 1 fully saturated rings. The third-order valence-electron chi connectivity index (χ3n) is 3.72. The Morgan fingerprint density at radius 3 is 2.65 bits per heavy atom. The molecule has 3 rings (SSSR count). The zero-order valence-electron chi connectivity index (χ0n) is 11.7. The van der Waals surface area contributed by atoms with Gasteiger partial charge in [-0.15, -0.1) is 0 Å². The highest BCUT2D eigenvalue weighted by atomic mass is 15.3. The van der Waals surface area contributed by atoms with E-state index in [2.05, 4.69) is 37.4 Å². The second kappa shape index (κ2) is 6.00. The van der Waals surface area contributed by atoms with E-state index in [0.29, 0.717) is 6.04 Å². The highest BCUT2D eigenvalue weighted by molar-refractivity contribution is 5.44. The summed E-state index contributed by atoms with van der Waals surface area (Å²) in [6.07, 6.45) is 7.74. The van der Waals surface area contributed by atoms with Gasteiger partial charge in [-0.1, -0.05) is 0 Å². The Labute approximate surface area is 118 Å². The molecule has 1 N–H and O–H groups in total. The van der Waals surface area contributed by atoms with Crippen LogP contribution in [0.4, 0.5) is 5.69 Å². The topological polar surface area (TPSA) is 58.9 Å². The molecule has 106 valence electrons. The van der Waals surface area contributed by atoms with E-state index in [0.717, 1.165) is 38.3 Å². The molecule has 2 aromatic heterocycles. The van der Waals surface area contributed by atoms with Crippen molar-refractivity contribution in [2.75, 3.05) is 18.0 Å². The maximum absolute atomic E-state index is 4.28.